The van der Waals surface area contributed by atoms with Gasteiger partial charge in [-0.2, -0.15) is 0 Å². The minimum Gasteiger partial charge on any atom is -0.374 e. The zero-order valence-electron chi connectivity index (χ0n) is 14.7. The molecule has 0 spiro atoms. The molecule has 0 N–H and O–H groups in total. The number of halogens is 1. The number of hydrogen-bond acceptors (Lipinski definition) is 4. The summed E-state index contributed by atoms with van der Waals surface area (Å²) in [6.45, 7) is 4.54. The number of likely N-dealkylation sites (N-methyl/N-ethyl adjacent to an activating group) is 1. The van der Waals surface area contributed by atoms with Gasteiger partial charge in [0.2, 0.25) is 5.91 Å². The van der Waals surface area contributed by atoms with Crippen molar-refractivity contribution in [3.05, 3.63) is 29.3 Å². The summed E-state index contributed by atoms with van der Waals surface area (Å²) in [5, 5.41) is 0.796. The molecule has 3 saturated heterocycles. The second-order valence-electron chi connectivity index (χ2n) is 7.38. The molecular formula is C19H26ClN3O2. The van der Waals surface area contributed by atoms with Crippen LogP contribution in [0.1, 0.15) is 19.3 Å². The highest BCUT2D eigenvalue weighted by Crippen LogP contribution is 2.29. The Balaban J connectivity index is 1.36. The fourth-order valence-electron chi connectivity index (χ4n) is 4.44. The van der Waals surface area contributed by atoms with Crippen LogP contribution in [0.4, 0.5) is 5.69 Å². The van der Waals surface area contributed by atoms with E-state index >= 15 is 0 Å². The van der Waals surface area contributed by atoms with Gasteiger partial charge in [-0.15, -0.1) is 0 Å². The molecule has 25 heavy (non-hydrogen) atoms. The number of piperidine rings is 1. The van der Waals surface area contributed by atoms with Gasteiger partial charge in [0.25, 0.3) is 0 Å². The maximum atomic E-state index is 12.1. The maximum Gasteiger partial charge on any atom is 0.225 e. The number of anilines is 1. The summed E-state index contributed by atoms with van der Waals surface area (Å²) in [5.41, 5.74) is 1.21. The molecule has 3 heterocycles. The van der Waals surface area contributed by atoms with Crippen LogP contribution < -0.4 is 4.90 Å². The van der Waals surface area contributed by atoms with Crippen molar-refractivity contribution in [2.75, 3.05) is 44.7 Å². The van der Waals surface area contributed by atoms with Gasteiger partial charge in [-0.25, -0.2) is 0 Å². The summed E-state index contributed by atoms with van der Waals surface area (Å²) in [4.78, 5) is 19.0. The van der Waals surface area contributed by atoms with Crippen LogP contribution in [0.2, 0.25) is 5.02 Å². The van der Waals surface area contributed by atoms with Crippen LogP contribution in [0.15, 0.2) is 24.3 Å². The normalized spacial score (nSPS) is 29.0. The first-order valence-corrected chi connectivity index (χ1v) is 9.61. The third-order valence-electron chi connectivity index (χ3n) is 5.96. The number of rotatable bonds is 2. The van der Waals surface area contributed by atoms with Crippen molar-refractivity contribution >= 4 is 23.2 Å². The summed E-state index contributed by atoms with van der Waals surface area (Å²) in [7, 11) is 1.93. The molecule has 0 bridgehead atoms. The van der Waals surface area contributed by atoms with Crippen molar-refractivity contribution in [2.24, 2.45) is 0 Å². The van der Waals surface area contributed by atoms with Gasteiger partial charge in [-0.3, -0.25) is 9.69 Å². The van der Waals surface area contributed by atoms with Gasteiger partial charge >= 0.3 is 0 Å². The van der Waals surface area contributed by atoms with Crippen LogP contribution in [0.5, 0.6) is 0 Å². The lowest BCUT2D eigenvalue weighted by atomic mass is 10.0. The largest absolute Gasteiger partial charge is 0.374 e. The van der Waals surface area contributed by atoms with Gasteiger partial charge in [0.1, 0.15) is 0 Å². The van der Waals surface area contributed by atoms with Crippen LogP contribution >= 0.6 is 11.6 Å². The quantitative estimate of drug-likeness (QED) is 0.807. The number of hydrogen-bond donors (Lipinski definition) is 0. The average Bonchev–Trinajstić information content (AvgIpc) is 3.00. The van der Waals surface area contributed by atoms with Crippen LogP contribution in [0.3, 0.4) is 0 Å². The lowest BCUT2D eigenvalue weighted by molar-refractivity contribution is -0.131. The third kappa shape index (κ3) is 3.50. The molecule has 0 saturated carbocycles. The second-order valence-corrected chi connectivity index (χ2v) is 7.82. The van der Waals surface area contributed by atoms with E-state index in [4.69, 9.17) is 16.3 Å². The molecule has 1 aromatic rings. The zero-order chi connectivity index (χ0) is 17.4. The van der Waals surface area contributed by atoms with Gasteiger partial charge in [0, 0.05) is 50.0 Å². The Morgan fingerprint density at radius 1 is 1.20 bits per heavy atom. The number of carbonyl (C=O) groups is 1. The molecule has 0 unspecified atom stereocenters. The molecule has 136 valence electrons. The third-order valence-corrected chi connectivity index (χ3v) is 6.19. The minimum absolute atomic E-state index is 0.169. The van der Waals surface area contributed by atoms with Crippen molar-refractivity contribution < 1.29 is 9.53 Å². The summed E-state index contributed by atoms with van der Waals surface area (Å²) in [6, 6.07) is 8.90. The highest BCUT2D eigenvalue weighted by atomic mass is 35.5. The van der Waals surface area contributed by atoms with E-state index in [1.165, 1.54) is 5.69 Å². The number of amides is 1. The van der Waals surface area contributed by atoms with Crippen LogP contribution in [-0.2, 0) is 9.53 Å². The highest BCUT2D eigenvalue weighted by Gasteiger charge is 2.42. The first-order chi connectivity index (χ1) is 12.1. The molecule has 1 aromatic carbocycles. The predicted octanol–water partition coefficient (Wildman–Crippen LogP) is 2.24. The second kappa shape index (κ2) is 7.14. The topological polar surface area (TPSA) is 36.0 Å². The Bertz CT molecular complexity index is 633. The number of benzene rings is 1. The van der Waals surface area contributed by atoms with E-state index in [0.717, 1.165) is 44.0 Å². The number of ether oxygens (including phenoxy) is 1. The lowest BCUT2D eigenvalue weighted by Gasteiger charge is -2.38. The predicted molar refractivity (Wildman–Crippen MR) is 99.2 cm³/mol. The fourth-order valence-corrected chi connectivity index (χ4v) is 4.62. The van der Waals surface area contributed by atoms with E-state index in [0.29, 0.717) is 19.1 Å². The SMILES string of the molecule is CN1C(=O)CCO[C@H]2CN(C3CCN(c4cccc(Cl)c4)CC3)C[C@@H]21. The Morgan fingerprint density at radius 3 is 2.76 bits per heavy atom. The molecule has 0 aliphatic carbocycles. The summed E-state index contributed by atoms with van der Waals surface area (Å²) in [6.07, 6.45) is 2.97. The van der Waals surface area contributed by atoms with Gasteiger partial charge in [0.05, 0.1) is 25.2 Å². The smallest absolute Gasteiger partial charge is 0.225 e. The van der Waals surface area contributed by atoms with Crippen molar-refractivity contribution in [3.8, 4) is 0 Å². The number of fused-ring (bicyclic) bond motifs is 1. The molecular weight excluding hydrogens is 338 g/mol. The van der Waals surface area contributed by atoms with Crippen molar-refractivity contribution in [1.29, 1.82) is 0 Å². The van der Waals surface area contributed by atoms with E-state index in [9.17, 15) is 4.79 Å². The Morgan fingerprint density at radius 2 is 2.00 bits per heavy atom. The van der Waals surface area contributed by atoms with Gasteiger partial charge in [0.15, 0.2) is 0 Å². The van der Waals surface area contributed by atoms with Crippen molar-refractivity contribution in [1.82, 2.24) is 9.80 Å². The van der Waals surface area contributed by atoms with Gasteiger partial charge in [-0.05, 0) is 31.0 Å². The van der Waals surface area contributed by atoms with E-state index in [1.54, 1.807) is 0 Å². The Hall–Kier alpha value is -1.30. The van der Waals surface area contributed by atoms with E-state index in [1.807, 2.05) is 30.1 Å². The number of carbonyl (C=O) groups excluding carboxylic acids is 1. The van der Waals surface area contributed by atoms with E-state index in [-0.39, 0.29) is 18.1 Å². The first kappa shape index (κ1) is 17.1. The van der Waals surface area contributed by atoms with Gasteiger partial charge in [-0.1, -0.05) is 17.7 Å². The van der Waals surface area contributed by atoms with Crippen LogP contribution in [-0.4, -0.2) is 73.7 Å². The molecule has 2 atom stereocenters. The molecule has 6 heteroatoms. The Labute approximate surface area is 154 Å². The molecule has 1 amide bonds. The van der Waals surface area contributed by atoms with Gasteiger partial charge < -0.3 is 14.5 Å². The minimum atomic E-state index is 0.169. The molecule has 3 aliphatic rings. The zero-order valence-corrected chi connectivity index (χ0v) is 15.5. The average molecular weight is 364 g/mol. The fraction of sp³-hybridized carbons (Fsp3) is 0.632. The van der Waals surface area contributed by atoms with E-state index in [2.05, 4.69) is 15.9 Å². The molecule has 4 rings (SSSR count). The molecule has 0 radical (unpaired) electrons. The van der Waals surface area contributed by atoms with E-state index < -0.39 is 0 Å². The van der Waals surface area contributed by atoms with Crippen LogP contribution in [0, 0.1) is 0 Å². The molecule has 3 fully saturated rings. The number of likely N-dealkylation sites (tertiary alicyclic amines) is 1. The highest BCUT2D eigenvalue weighted by molar-refractivity contribution is 6.30. The molecule has 0 aromatic heterocycles. The van der Waals surface area contributed by atoms with Crippen LogP contribution in [0.25, 0.3) is 0 Å². The summed E-state index contributed by atoms with van der Waals surface area (Å²) >= 11 is 6.12. The molecule has 5 nitrogen and oxygen atoms in total. The summed E-state index contributed by atoms with van der Waals surface area (Å²) in [5.74, 6) is 0.213. The first-order valence-electron chi connectivity index (χ1n) is 9.23. The van der Waals surface area contributed by atoms with Crippen molar-refractivity contribution in [3.63, 3.8) is 0 Å². The molecule has 3 aliphatic heterocycles. The van der Waals surface area contributed by atoms with Crippen molar-refractivity contribution in [2.45, 2.75) is 37.5 Å². The standard InChI is InChI=1S/C19H26ClN3O2/c1-21-17-12-23(13-18(17)25-10-7-19(21)24)15-5-8-22(9-6-15)16-4-2-3-14(20)11-16/h2-4,11,15,17-18H,5-10,12-13H2,1H3/t17-,18-/m0/s1. The monoisotopic (exact) mass is 363 g/mol. The Kier molecular flexibility index (Phi) is 4.89. The maximum absolute atomic E-state index is 12.1. The number of nitrogens with zero attached hydrogens (tertiary/aromatic N) is 3. The lowest BCUT2D eigenvalue weighted by Crippen LogP contribution is -2.46. The summed E-state index contributed by atoms with van der Waals surface area (Å²) < 4.78 is 5.96.